The number of benzene rings is 2. The van der Waals surface area contributed by atoms with Gasteiger partial charge in [-0.25, -0.2) is 0 Å². The van der Waals surface area contributed by atoms with Gasteiger partial charge >= 0.3 is 8.80 Å². The van der Waals surface area contributed by atoms with Crippen molar-refractivity contribution in [3.63, 3.8) is 0 Å². The van der Waals surface area contributed by atoms with E-state index in [1.54, 1.807) is 0 Å². The van der Waals surface area contributed by atoms with Crippen molar-refractivity contribution in [1.29, 1.82) is 0 Å². The Balaban J connectivity index is 2.26. The minimum atomic E-state index is -3.08. The van der Waals surface area contributed by atoms with E-state index in [0.29, 0.717) is 19.8 Å². The standard InChI is InChI=1S/C29H56N2O5Si5/c1-12-32-41(33-13-2,34-14-3)29(31-40(10,11)36-38(6,7)28-23-19-16-20-24-28)25-26-30-39(8,9)35-37(4,5)27-21-17-15-18-22-27/h15-24,29-31H,12-14,25-26H2,1-11H3. The maximum absolute atomic E-state index is 7.02. The van der Waals surface area contributed by atoms with E-state index >= 15 is 0 Å². The normalized spacial score (nSPS) is 14.3. The minimum Gasteiger partial charge on any atom is -0.441 e. The molecule has 0 aromatic heterocycles. The molecule has 0 fully saturated rings. The average molecular weight is 653 g/mol. The molecule has 1 unspecified atom stereocenters. The molecule has 0 spiro atoms. The third-order valence-corrected chi connectivity index (χ3v) is 24.3. The van der Waals surface area contributed by atoms with Crippen LogP contribution in [-0.4, -0.2) is 74.4 Å². The van der Waals surface area contributed by atoms with Crippen LogP contribution in [0.5, 0.6) is 0 Å². The van der Waals surface area contributed by atoms with Gasteiger partial charge in [-0.15, -0.1) is 0 Å². The lowest BCUT2D eigenvalue weighted by Gasteiger charge is -2.42. The maximum atomic E-state index is 7.02. The fourth-order valence-electron chi connectivity index (χ4n) is 5.44. The van der Waals surface area contributed by atoms with Gasteiger partial charge in [-0.3, -0.25) is 0 Å². The molecule has 0 aliphatic carbocycles. The van der Waals surface area contributed by atoms with Crippen LogP contribution in [0.2, 0.25) is 52.4 Å². The fraction of sp³-hybridized carbons (Fsp3) is 0.586. The first-order valence-corrected chi connectivity index (χ1v) is 28.5. The van der Waals surface area contributed by atoms with E-state index < -0.39 is 42.4 Å². The summed E-state index contributed by atoms with van der Waals surface area (Å²) in [6, 6.07) is 21.3. The van der Waals surface area contributed by atoms with Crippen LogP contribution in [0.25, 0.3) is 0 Å². The summed E-state index contributed by atoms with van der Waals surface area (Å²) in [7, 11) is -11.9. The summed E-state index contributed by atoms with van der Waals surface area (Å²) in [5, 5.41) is 2.60. The number of hydrogen-bond donors (Lipinski definition) is 2. The van der Waals surface area contributed by atoms with Gasteiger partial charge in [0.15, 0.2) is 0 Å². The summed E-state index contributed by atoms with van der Waals surface area (Å²) in [5.41, 5.74) is -0.110. The highest BCUT2D eigenvalue weighted by atomic mass is 28.4. The molecule has 0 saturated carbocycles. The monoisotopic (exact) mass is 652 g/mol. The lowest BCUT2D eigenvalue weighted by molar-refractivity contribution is 0.0587. The molecular weight excluding hydrogens is 597 g/mol. The highest BCUT2D eigenvalue weighted by molar-refractivity contribution is 6.92. The lowest BCUT2D eigenvalue weighted by atomic mass is 10.4. The van der Waals surface area contributed by atoms with Crippen molar-refractivity contribution in [2.75, 3.05) is 26.4 Å². The van der Waals surface area contributed by atoms with Gasteiger partial charge in [-0.1, -0.05) is 60.7 Å². The maximum Gasteiger partial charge on any atom is 0.518 e. The second-order valence-electron chi connectivity index (χ2n) is 12.3. The van der Waals surface area contributed by atoms with E-state index in [9.17, 15) is 0 Å². The van der Waals surface area contributed by atoms with E-state index in [4.69, 9.17) is 21.5 Å². The van der Waals surface area contributed by atoms with E-state index in [1.807, 2.05) is 20.8 Å². The van der Waals surface area contributed by atoms with Crippen LogP contribution < -0.4 is 20.3 Å². The highest BCUT2D eigenvalue weighted by Gasteiger charge is 2.52. The van der Waals surface area contributed by atoms with Crippen molar-refractivity contribution < 1.29 is 21.5 Å². The van der Waals surface area contributed by atoms with Crippen LogP contribution in [0.4, 0.5) is 0 Å². The van der Waals surface area contributed by atoms with Crippen LogP contribution in [0.3, 0.4) is 0 Å². The number of hydrogen-bond acceptors (Lipinski definition) is 7. The van der Waals surface area contributed by atoms with Crippen LogP contribution in [0.1, 0.15) is 27.2 Å². The molecule has 0 bridgehead atoms. The van der Waals surface area contributed by atoms with Crippen molar-refractivity contribution in [1.82, 2.24) is 9.96 Å². The molecule has 12 heteroatoms. The third-order valence-electron chi connectivity index (χ3n) is 6.93. The highest BCUT2D eigenvalue weighted by Crippen LogP contribution is 2.22. The molecule has 7 nitrogen and oxygen atoms in total. The van der Waals surface area contributed by atoms with Gasteiger partial charge in [-0.2, -0.15) is 0 Å². The van der Waals surface area contributed by atoms with Crippen molar-refractivity contribution in [2.24, 2.45) is 0 Å². The van der Waals surface area contributed by atoms with E-state index in [0.717, 1.165) is 13.0 Å². The SMILES string of the molecule is CCO[Si](OCC)(OCC)C(CCN[Si](C)(C)O[Si](C)(C)c1ccccc1)N[Si](C)(C)O[Si](C)(C)c1ccccc1. The first-order valence-electron chi connectivity index (χ1n) is 15.1. The summed E-state index contributed by atoms with van der Waals surface area (Å²) in [5.74, 6) is 0. The molecule has 0 radical (unpaired) electrons. The lowest BCUT2D eigenvalue weighted by Crippen LogP contribution is -2.70. The molecule has 0 aliphatic heterocycles. The molecule has 0 aliphatic rings. The Bertz CT molecular complexity index is 1010. The van der Waals surface area contributed by atoms with Gasteiger partial charge < -0.3 is 31.5 Å². The first-order chi connectivity index (χ1) is 19.1. The summed E-state index contributed by atoms with van der Waals surface area (Å²) in [6.45, 7) is 26.5. The average Bonchev–Trinajstić information content (AvgIpc) is 2.88. The van der Waals surface area contributed by atoms with Gasteiger partial charge in [0.05, 0.1) is 5.67 Å². The van der Waals surface area contributed by atoms with Gasteiger partial charge in [0.2, 0.25) is 16.6 Å². The predicted octanol–water partition coefficient (Wildman–Crippen LogP) is 5.17. The molecular formula is C29H56N2O5Si5. The quantitative estimate of drug-likeness (QED) is 0.203. The summed E-state index contributed by atoms with van der Waals surface area (Å²) in [6.07, 6.45) is 0.784. The van der Waals surface area contributed by atoms with E-state index in [1.165, 1.54) is 10.4 Å². The largest absolute Gasteiger partial charge is 0.518 e. The molecule has 232 valence electrons. The molecule has 0 heterocycles. The van der Waals surface area contributed by atoms with Crippen molar-refractivity contribution in [3.8, 4) is 0 Å². The van der Waals surface area contributed by atoms with Gasteiger partial charge in [-0.05, 0) is 96.5 Å². The Hall–Kier alpha value is -0.756. The van der Waals surface area contributed by atoms with E-state index in [2.05, 4.69) is 123 Å². The summed E-state index contributed by atoms with van der Waals surface area (Å²) >= 11 is 0. The Morgan fingerprint density at radius 1 is 0.585 bits per heavy atom. The Morgan fingerprint density at radius 2 is 0.976 bits per heavy atom. The third kappa shape index (κ3) is 11.4. The van der Waals surface area contributed by atoms with Gasteiger partial charge in [0, 0.05) is 19.8 Å². The summed E-state index contributed by atoms with van der Waals surface area (Å²) < 4.78 is 33.2. The second-order valence-corrected chi connectivity index (χ2v) is 30.6. The van der Waals surface area contributed by atoms with Crippen molar-refractivity contribution >= 4 is 52.8 Å². The Morgan fingerprint density at radius 3 is 1.37 bits per heavy atom. The molecule has 1 atom stereocenters. The molecule has 2 aromatic rings. The van der Waals surface area contributed by atoms with Crippen LogP contribution in [0.15, 0.2) is 60.7 Å². The molecule has 0 saturated heterocycles. The fourth-order valence-corrected chi connectivity index (χ4v) is 25.1. The zero-order valence-corrected chi connectivity index (χ0v) is 32.4. The Labute approximate surface area is 255 Å². The predicted molar refractivity (Wildman–Crippen MR) is 184 cm³/mol. The van der Waals surface area contributed by atoms with Gasteiger partial charge in [0.1, 0.15) is 0 Å². The molecule has 2 N–H and O–H groups in total. The minimum absolute atomic E-state index is 0.110. The zero-order valence-electron chi connectivity index (χ0n) is 27.4. The smallest absolute Gasteiger partial charge is 0.441 e. The topological polar surface area (TPSA) is 70.2 Å². The number of rotatable bonds is 19. The van der Waals surface area contributed by atoms with Crippen molar-refractivity contribution in [3.05, 3.63) is 60.7 Å². The van der Waals surface area contributed by atoms with Crippen LogP contribution >= 0.6 is 0 Å². The number of nitrogens with one attached hydrogen (secondary N) is 2. The van der Waals surface area contributed by atoms with Crippen LogP contribution in [0, 0.1) is 0 Å². The van der Waals surface area contributed by atoms with E-state index in [-0.39, 0.29) is 5.67 Å². The summed E-state index contributed by atoms with van der Waals surface area (Å²) in [4.78, 5) is 7.78. The Kier molecular flexibility index (Phi) is 14.1. The molecule has 0 amide bonds. The zero-order chi connectivity index (χ0) is 30.8. The second kappa shape index (κ2) is 15.8. The molecule has 2 rings (SSSR count). The van der Waals surface area contributed by atoms with Crippen molar-refractivity contribution in [2.45, 2.75) is 85.2 Å². The van der Waals surface area contributed by atoms with Gasteiger partial charge in [0.25, 0.3) is 17.0 Å². The molecule has 41 heavy (non-hydrogen) atoms. The van der Waals surface area contributed by atoms with Crippen LogP contribution in [-0.2, 0) is 21.5 Å². The molecule has 2 aromatic carbocycles. The first kappa shape index (κ1) is 36.4.